The van der Waals surface area contributed by atoms with Crippen molar-refractivity contribution in [3.8, 4) is 5.75 Å². The molecule has 0 spiro atoms. The van der Waals surface area contributed by atoms with E-state index in [9.17, 15) is 18.0 Å². The number of amides is 1. The first kappa shape index (κ1) is 20.8. The van der Waals surface area contributed by atoms with E-state index in [1.54, 1.807) is 6.07 Å². The molecule has 1 heterocycles. The van der Waals surface area contributed by atoms with Crippen molar-refractivity contribution in [3.63, 3.8) is 0 Å². The minimum atomic E-state index is -2.52. The maximum atomic E-state index is 14.6. The Morgan fingerprint density at radius 3 is 2.55 bits per heavy atom. The highest BCUT2D eigenvalue weighted by atomic mass is 32.2. The highest BCUT2D eigenvalue weighted by Crippen LogP contribution is 2.45. The molecule has 4 rings (SSSR count). The van der Waals surface area contributed by atoms with Crippen LogP contribution < -0.4 is 9.46 Å². The minimum absolute atomic E-state index is 0.0433. The fourth-order valence-corrected chi connectivity index (χ4v) is 4.61. The summed E-state index contributed by atoms with van der Waals surface area (Å²) in [5.41, 5.74) is 0.919. The summed E-state index contributed by atoms with van der Waals surface area (Å²) in [7, 11) is 0. The van der Waals surface area contributed by atoms with Gasteiger partial charge in [-0.25, -0.2) is 17.5 Å². The lowest BCUT2D eigenvalue weighted by Crippen LogP contribution is -2.35. The lowest BCUT2D eigenvalue weighted by atomic mass is 9.85. The standard InChI is InChI=1S/C21H27F3N2O2S/c22-18-13-19(28-11-6-14-4-7-21(23,24)8-5-14)16(15-2-3-15)12-17(18)20(27)25-29-26-9-1-10-26/h12-15H,1-11H2,(H,25,27). The Balaban J connectivity index is 1.35. The summed E-state index contributed by atoms with van der Waals surface area (Å²) >= 11 is 1.22. The van der Waals surface area contributed by atoms with Gasteiger partial charge in [-0.3, -0.25) is 9.52 Å². The number of carbonyl (C=O) groups excluding carboxylic acids is 1. The predicted molar refractivity (Wildman–Crippen MR) is 107 cm³/mol. The van der Waals surface area contributed by atoms with Crippen LogP contribution in [-0.4, -0.2) is 35.8 Å². The molecule has 0 unspecified atom stereocenters. The zero-order valence-corrected chi connectivity index (χ0v) is 17.2. The van der Waals surface area contributed by atoms with Gasteiger partial charge in [-0.15, -0.1) is 0 Å². The van der Waals surface area contributed by atoms with Crippen LogP contribution in [0.2, 0.25) is 0 Å². The summed E-state index contributed by atoms with van der Waals surface area (Å²) in [6, 6.07) is 2.93. The van der Waals surface area contributed by atoms with Crippen molar-refractivity contribution >= 4 is 18.0 Å². The highest BCUT2D eigenvalue weighted by molar-refractivity contribution is 7.95. The van der Waals surface area contributed by atoms with Crippen LogP contribution in [-0.2, 0) is 0 Å². The van der Waals surface area contributed by atoms with E-state index in [1.807, 2.05) is 4.31 Å². The SMILES string of the molecule is O=C(NSN1CCC1)c1cc(C2CC2)c(OCCC2CCC(F)(F)CC2)cc1F. The highest BCUT2D eigenvalue weighted by Gasteiger charge is 2.35. The molecule has 3 aliphatic rings. The van der Waals surface area contributed by atoms with E-state index < -0.39 is 17.6 Å². The van der Waals surface area contributed by atoms with Gasteiger partial charge in [0.1, 0.15) is 11.6 Å². The van der Waals surface area contributed by atoms with Crippen LogP contribution in [0, 0.1) is 11.7 Å². The summed E-state index contributed by atoms with van der Waals surface area (Å²) in [6.45, 7) is 2.23. The molecule has 1 aromatic carbocycles. The van der Waals surface area contributed by atoms with E-state index >= 15 is 0 Å². The fraction of sp³-hybridized carbons (Fsp3) is 0.667. The molecule has 1 aliphatic heterocycles. The summed E-state index contributed by atoms with van der Waals surface area (Å²) in [4.78, 5) is 12.4. The van der Waals surface area contributed by atoms with Crippen molar-refractivity contribution in [3.05, 3.63) is 29.1 Å². The van der Waals surface area contributed by atoms with Gasteiger partial charge in [-0.2, -0.15) is 0 Å². The average Bonchev–Trinajstić information content (AvgIpc) is 3.47. The number of hydrogen-bond donors (Lipinski definition) is 1. The summed E-state index contributed by atoms with van der Waals surface area (Å²) in [5, 5.41) is 0. The molecule has 0 aromatic heterocycles. The first-order valence-corrected chi connectivity index (χ1v) is 11.2. The number of hydrogen-bond acceptors (Lipinski definition) is 4. The quantitative estimate of drug-likeness (QED) is 0.571. The molecule has 0 atom stereocenters. The first-order valence-electron chi connectivity index (χ1n) is 10.5. The third kappa shape index (κ3) is 5.40. The predicted octanol–water partition coefficient (Wildman–Crippen LogP) is 5.30. The van der Waals surface area contributed by atoms with Crippen LogP contribution in [0.4, 0.5) is 13.2 Å². The van der Waals surface area contributed by atoms with E-state index in [4.69, 9.17) is 4.74 Å². The fourth-order valence-electron chi connectivity index (χ4n) is 3.85. The van der Waals surface area contributed by atoms with Gasteiger partial charge in [0.2, 0.25) is 5.92 Å². The van der Waals surface area contributed by atoms with Crippen molar-refractivity contribution in [1.82, 2.24) is 9.03 Å². The van der Waals surface area contributed by atoms with E-state index in [0.717, 1.165) is 37.9 Å². The van der Waals surface area contributed by atoms with Crippen LogP contribution in [0.1, 0.15) is 73.2 Å². The topological polar surface area (TPSA) is 41.6 Å². The second kappa shape index (κ2) is 8.76. The molecule has 3 fully saturated rings. The molecule has 0 radical (unpaired) electrons. The van der Waals surface area contributed by atoms with E-state index in [2.05, 4.69) is 4.72 Å². The van der Waals surface area contributed by atoms with Gasteiger partial charge in [0.05, 0.1) is 12.2 Å². The van der Waals surface area contributed by atoms with Crippen LogP contribution in [0.15, 0.2) is 12.1 Å². The van der Waals surface area contributed by atoms with Gasteiger partial charge in [0.15, 0.2) is 0 Å². The van der Waals surface area contributed by atoms with Gasteiger partial charge >= 0.3 is 0 Å². The monoisotopic (exact) mass is 428 g/mol. The van der Waals surface area contributed by atoms with Crippen molar-refractivity contribution in [2.24, 2.45) is 5.92 Å². The molecule has 4 nitrogen and oxygen atoms in total. The first-order chi connectivity index (χ1) is 13.9. The second-order valence-corrected chi connectivity index (χ2v) is 9.29. The van der Waals surface area contributed by atoms with Gasteiger partial charge in [-0.1, -0.05) is 0 Å². The van der Waals surface area contributed by atoms with Gasteiger partial charge in [0.25, 0.3) is 5.91 Å². The molecule has 0 bridgehead atoms. The molecule has 29 heavy (non-hydrogen) atoms. The van der Waals surface area contributed by atoms with Crippen molar-refractivity contribution < 1.29 is 22.7 Å². The number of halogens is 3. The summed E-state index contributed by atoms with van der Waals surface area (Å²) in [6.07, 6.45) is 4.71. The molecule has 8 heteroatoms. The van der Waals surface area contributed by atoms with Crippen LogP contribution in [0.25, 0.3) is 0 Å². The maximum absolute atomic E-state index is 14.6. The maximum Gasteiger partial charge on any atom is 0.265 e. The number of ether oxygens (including phenoxy) is 1. The molecule has 1 saturated heterocycles. The van der Waals surface area contributed by atoms with Crippen LogP contribution >= 0.6 is 12.1 Å². The minimum Gasteiger partial charge on any atom is -0.493 e. The van der Waals surface area contributed by atoms with Crippen molar-refractivity contribution in [1.29, 1.82) is 0 Å². The lowest BCUT2D eigenvalue weighted by molar-refractivity contribution is -0.0475. The number of benzene rings is 1. The normalized spacial score (nSPS) is 22.2. The van der Waals surface area contributed by atoms with Crippen LogP contribution in [0.5, 0.6) is 5.75 Å². The molecule has 2 aliphatic carbocycles. The number of alkyl halides is 2. The Labute approximate surface area is 173 Å². The average molecular weight is 429 g/mol. The Morgan fingerprint density at radius 2 is 1.93 bits per heavy atom. The van der Waals surface area contributed by atoms with E-state index in [1.165, 1.54) is 18.2 Å². The van der Waals surface area contributed by atoms with Crippen molar-refractivity contribution in [2.75, 3.05) is 19.7 Å². The molecular weight excluding hydrogens is 401 g/mol. The number of carbonyl (C=O) groups is 1. The Hall–Kier alpha value is -1.41. The van der Waals surface area contributed by atoms with E-state index in [0.29, 0.717) is 37.5 Å². The zero-order valence-electron chi connectivity index (χ0n) is 16.4. The van der Waals surface area contributed by atoms with Gasteiger partial charge in [0, 0.05) is 44.1 Å². The Morgan fingerprint density at radius 1 is 1.21 bits per heavy atom. The summed E-state index contributed by atoms with van der Waals surface area (Å²) in [5.74, 6) is -2.54. The molecular formula is C21H27F3N2O2S. The molecule has 160 valence electrons. The van der Waals surface area contributed by atoms with E-state index in [-0.39, 0.29) is 24.3 Å². The largest absolute Gasteiger partial charge is 0.493 e. The molecule has 2 saturated carbocycles. The lowest BCUT2D eigenvalue weighted by Gasteiger charge is -2.28. The smallest absolute Gasteiger partial charge is 0.265 e. The van der Waals surface area contributed by atoms with Crippen molar-refractivity contribution in [2.45, 2.75) is 63.2 Å². The van der Waals surface area contributed by atoms with Gasteiger partial charge in [-0.05, 0) is 62.0 Å². The zero-order chi connectivity index (χ0) is 20.4. The molecule has 1 amide bonds. The summed E-state index contributed by atoms with van der Waals surface area (Å²) < 4.78 is 51.7. The molecule has 1 N–H and O–H groups in total. The molecule has 1 aromatic rings. The number of nitrogens with zero attached hydrogens (tertiary/aromatic N) is 1. The third-order valence-electron chi connectivity index (χ3n) is 6.06. The Kier molecular flexibility index (Phi) is 6.30. The third-order valence-corrected chi connectivity index (χ3v) is 6.96. The second-order valence-electron chi connectivity index (χ2n) is 8.39. The number of rotatable bonds is 8. The Bertz CT molecular complexity index is 744. The van der Waals surface area contributed by atoms with Gasteiger partial charge < -0.3 is 4.74 Å². The van der Waals surface area contributed by atoms with Crippen LogP contribution in [0.3, 0.4) is 0 Å². The number of nitrogens with one attached hydrogen (secondary N) is 1.